The van der Waals surface area contributed by atoms with E-state index in [1.165, 1.54) is 12.1 Å². The molecule has 104 valence electrons. The van der Waals surface area contributed by atoms with Gasteiger partial charge in [-0.05, 0) is 38.6 Å². The maximum absolute atomic E-state index is 13.5. The Bertz CT molecular complexity index is 494. The van der Waals surface area contributed by atoms with Gasteiger partial charge in [-0.3, -0.25) is 0 Å². The first-order valence-electron chi connectivity index (χ1n) is 5.30. The fourth-order valence-corrected chi connectivity index (χ4v) is 2.43. The van der Waals surface area contributed by atoms with Crippen molar-refractivity contribution in [1.29, 1.82) is 0 Å². The van der Waals surface area contributed by atoms with Crippen LogP contribution in [-0.4, -0.2) is 28.1 Å². The van der Waals surface area contributed by atoms with E-state index in [0.717, 1.165) is 0 Å². The molecule has 2 N–H and O–H groups in total. The van der Waals surface area contributed by atoms with Gasteiger partial charge in [0.25, 0.3) is 0 Å². The number of hydrogen-bond donors (Lipinski definition) is 2. The first-order chi connectivity index (χ1) is 7.86. The molecule has 0 radical (unpaired) electrons. The van der Waals surface area contributed by atoms with Gasteiger partial charge in [-0.15, -0.1) is 12.4 Å². The van der Waals surface area contributed by atoms with Crippen molar-refractivity contribution in [2.24, 2.45) is 0 Å². The topological polar surface area (TPSA) is 58.2 Å². The van der Waals surface area contributed by atoms with Crippen molar-refractivity contribution in [2.75, 3.05) is 13.6 Å². The van der Waals surface area contributed by atoms with Crippen LogP contribution >= 0.6 is 12.4 Å². The van der Waals surface area contributed by atoms with Crippen LogP contribution in [0.15, 0.2) is 23.1 Å². The molecule has 0 aliphatic rings. The zero-order valence-electron chi connectivity index (χ0n) is 10.5. The molecule has 0 amide bonds. The van der Waals surface area contributed by atoms with Crippen molar-refractivity contribution >= 4 is 22.4 Å². The number of sulfonamides is 1. The molecule has 0 aliphatic heterocycles. The average molecular weight is 297 g/mol. The van der Waals surface area contributed by atoms with E-state index in [4.69, 9.17) is 0 Å². The molecule has 1 unspecified atom stereocenters. The summed E-state index contributed by atoms with van der Waals surface area (Å²) >= 11 is 0. The minimum absolute atomic E-state index is 0. The summed E-state index contributed by atoms with van der Waals surface area (Å²) < 4.78 is 39.5. The number of aryl methyl sites for hydroxylation is 1. The summed E-state index contributed by atoms with van der Waals surface area (Å²) in [5, 5.41) is 2.89. The van der Waals surface area contributed by atoms with Crippen molar-refractivity contribution in [1.82, 2.24) is 10.0 Å². The molecule has 0 saturated heterocycles. The first kappa shape index (κ1) is 17.3. The third-order valence-electron chi connectivity index (χ3n) is 2.45. The number of benzene rings is 1. The predicted octanol–water partition coefficient (Wildman–Crippen LogP) is 1.44. The highest BCUT2D eigenvalue weighted by Crippen LogP contribution is 2.15. The third-order valence-corrected chi connectivity index (χ3v) is 3.91. The molecule has 0 bridgehead atoms. The van der Waals surface area contributed by atoms with Crippen LogP contribution in [0.4, 0.5) is 4.39 Å². The largest absolute Gasteiger partial charge is 0.316 e. The van der Waals surface area contributed by atoms with Gasteiger partial charge in [0, 0.05) is 12.6 Å². The summed E-state index contributed by atoms with van der Waals surface area (Å²) in [6.45, 7) is 3.75. The van der Waals surface area contributed by atoms with Crippen LogP contribution in [0.2, 0.25) is 0 Å². The molecule has 1 aromatic rings. The number of hydrogen-bond acceptors (Lipinski definition) is 3. The van der Waals surface area contributed by atoms with E-state index >= 15 is 0 Å². The lowest BCUT2D eigenvalue weighted by atomic mass is 10.2. The molecule has 0 aliphatic carbocycles. The fraction of sp³-hybridized carbons (Fsp3) is 0.455. The van der Waals surface area contributed by atoms with E-state index in [2.05, 4.69) is 10.0 Å². The third kappa shape index (κ3) is 4.53. The van der Waals surface area contributed by atoms with Crippen LogP contribution in [0, 0.1) is 12.7 Å². The maximum atomic E-state index is 13.5. The zero-order chi connectivity index (χ0) is 13.1. The van der Waals surface area contributed by atoms with E-state index in [9.17, 15) is 12.8 Å². The van der Waals surface area contributed by atoms with Gasteiger partial charge in [0.05, 0.1) is 0 Å². The van der Waals surface area contributed by atoms with Crippen LogP contribution in [0.3, 0.4) is 0 Å². The lowest BCUT2D eigenvalue weighted by Crippen LogP contribution is -2.37. The molecule has 18 heavy (non-hydrogen) atoms. The number of halogens is 2. The van der Waals surface area contributed by atoms with E-state index in [-0.39, 0.29) is 29.9 Å². The quantitative estimate of drug-likeness (QED) is 0.864. The molecule has 0 aromatic heterocycles. The monoisotopic (exact) mass is 296 g/mol. The standard InChI is InChI=1S/C11H17FN2O2S.ClH/c1-8-4-5-11(10(12)6-8)17(15,16)14-7-9(2)13-3;/h4-6,9,13-14H,7H2,1-3H3;1H. The predicted molar refractivity (Wildman–Crippen MR) is 72.1 cm³/mol. The molecular formula is C11H18ClFN2O2S. The molecule has 0 fully saturated rings. The highest BCUT2D eigenvalue weighted by Gasteiger charge is 2.19. The Labute approximate surface area is 113 Å². The Morgan fingerprint density at radius 1 is 1.39 bits per heavy atom. The minimum Gasteiger partial charge on any atom is -0.316 e. The van der Waals surface area contributed by atoms with Gasteiger partial charge >= 0.3 is 0 Å². The van der Waals surface area contributed by atoms with Gasteiger partial charge in [0.2, 0.25) is 10.0 Å². The van der Waals surface area contributed by atoms with E-state index in [1.807, 2.05) is 6.92 Å². The zero-order valence-corrected chi connectivity index (χ0v) is 12.2. The number of nitrogens with one attached hydrogen (secondary N) is 2. The van der Waals surface area contributed by atoms with Crippen molar-refractivity contribution in [3.8, 4) is 0 Å². The lowest BCUT2D eigenvalue weighted by Gasteiger charge is -2.12. The number of rotatable bonds is 5. The van der Waals surface area contributed by atoms with E-state index in [0.29, 0.717) is 5.56 Å². The lowest BCUT2D eigenvalue weighted by molar-refractivity contribution is 0.540. The molecule has 1 aromatic carbocycles. The summed E-state index contributed by atoms with van der Waals surface area (Å²) in [4.78, 5) is -0.314. The van der Waals surface area contributed by atoms with Gasteiger partial charge in [0.15, 0.2) is 0 Å². The number of likely N-dealkylation sites (N-methyl/N-ethyl adjacent to an activating group) is 1. The minimum atomic E-state index is -3.78. The normalized spacial score (nSPS) is 12.9. The highest BCUT2D eigenvalue weighted by atomic mass is 35.5. The van der Waals surface area contributed by atoms with Crippen LogP contribution in [0.5, 0.6) is 0 Å². The van der Waals surface area contributed by atoms with Crippen LogP contribution in [0.25, 0.3) is 0 Å². The molecule has 1 atom stereocenters. The van der Waals surface area contributed by atoms with Crippen molar-refractivity contribution < 1.29 is 12.8 Å². The van der Waals surface area contributed by atoms with Gasteiger partial charge in [0.1, 0.15) is 10.7 Å². The summed E-state index contributed by atoms with van der Waals surface area (Å²) in [5.41, 5.74) is 0.685. The SMILES string of the molecule is CNC(C)CNS(=O)(=O)c1ccc(C)cc1F.Cl. The Kier molecular flexibility index (Phi) is 6.77. The van der Waals surface area contributed by atoms with E-state index < -0.39 is 15.8 Å². The summed E-state index contributed by atoms with van der Waals surface area (Å²) in [7, 11) is -2.05. The Morgan fingerprint density at radius 2 is 2.00 bits per heavy atom. The van der Waals surface area contributed by atoms with Crippen molar-refractivity contribution in [3.05, 3.63) is 29.6 Å². The van der Waals surface area contributed by atoms with Crippen molar-refractivity contribution in [3.63, 3.8) is 0 Å². The van der Waals surface area contributed by atoms with Crippen LogP contribution < -0.4 is 10.0 Å². The Morgan fingerprint density at radius 3 is 2.50 bits per heavy atom. The summed E-state index contributed by atoms with van der Waals surface area (Å²) in [5.74, 6) is -0.727. The smallest absolute Gasteiger partial charge is 0.243 e. The van der Waals surface area contributed by atoms with Gasteiger partial charge in [-0.25, -0.2) is 17.5 Å². The molecule has 7 heteroatoms. The first-order valence-corrected chi connectivity index (χ1v) is 6.78. The second-order valence-electron chi connectivity index (χ2n) is 3.98. The molecule has 0 heterocycles. The van der Waals surface area contributed by atoms with Crippen LogP contribution in [0.1, 0.15) is 12.5 Å². The average Bonchev–Trinajstić information content (AvgIpc) is 2.25. The Hall–Kier alpha value is -0.690. The molecule has 1 rings (SSSR count). The highest BCUT2D eigenvalue weighted by molar-refractivity contribution is 7.89. The fourth-order valence-electron chi connectivity index (χ4n) is 1.24. The maximum Gasteiger partial charge on any atom is 0.243 e. The van der Waals surface area contributed by atoms with Gasteiger partial charge in [-0.1, -0.05) is 6.07 Å². The molecule has 4 nitrogen and oxygen atoms in total. The second kappa shape index (κ2) is 7.04. The summed E-state index contributed by atoms with van der Waals surface area (Å²) in [6.07, 6.45) is 0. The van der Waals surface area contributed by atoms with Crippen molar-refractivity contribution in [2.45, 2.75) is 24.8 Å². The van der Waals surface area contributed by atoms with E-state index in [1.54, 1.807) is 20.0 Å². The molecular weight excluding hydrogens is 279 g/mol. The van der Waals surface area contributed by atoms with Gasteiger partial charge in [-0.2, -0.15) is 0 Å². The Balaban J connectivity index is 0.00000289. The molecule has 0 saturated carbocycles. The second-order valence-corrected chi connectivity index (χ2v) is 5.71. The van der Waals surface area contributed by atoms with Gasteiger partial charge < -0.3 is 5.32 Å². The van der Waals surface area contributed by atoms with Crippen LogP contribution in [-0.2, 0) is 10.0 Å². The molecule has 0 spiro atoms. The summed E-state index contributed by atoms with van der Waals surface area (Å²) in [6, 6.07) is 4.03.